The van der Waals surface area contributed by atoms with Crippen LogP contribution < -0.4 is 24.4 Å². The van der Waals surface area contributed by atoms with Crippen LogP contribution in [0.3, 0.4) is 0 Å². The van der Waals surface area contributed by atoms with Gasteiger partial charge in [0, 0.05) is 36.5 Å². The van der Waals surface area contributed by atoms with E-state index in [1.165, 1.54) is 25.4 Å². The van der Waals surface area contributed by atoms with Crippen molar-refractivity contribution in [2.75, 3.05) is 24.4 Å². The summed E-state index contributed by atoms with van der Waals surface area (Å²) in [6.07, 6.45) is 1.52. The number of anilines is 2. The van der Waals surface area contributed by atoms with Crippen molar-refractivity contribution >= 4 is 23.3 Å². The van der Waals surface area contributed by atoms with Crippen LogP contribution in [0.25, 0.3) is 11.1 Å². The predicted molar refractivity (Wildman–Crippen MR) is 154 cm³/mol. The van der Waals surface area contributed by atoms with Gasteiger partial charge in [0.15, 0.2) is 0 Å². The van der Waals surface area contributed by atoms with Crippen molar-refractivity contribution in [1.29, 1.82) is 0 Å². The van der Waals surface area contributed by atoms with Crippen LogP contribution in [0.2, 0.25) is 0 Å². The van der Waals surface area contributed by atoms with E-state index in [0.29, 0.717) is 28.3 Å². The number of esters is 1. The van der Waals surface area contributed by atoms with E-state index in [9.17, 15) is 14.0 Å². The molecular formula is C32H30FN3O5. The maximum atomic E-state index is 14.0. The predicted octanol–water partition coefficient (Wildman–Crippen LogP) is 6.17. The number of amides is 1. The third kappa shape index (κ3) is 5.43. The van der Waals surface area contributed by atoms with E-state index in [2.05, 4.69) is 10.3 Å². The molecule has 0 fully saturated rings. The second-order valence-electron chi connectivity index (χ2n) is 10.3. The molecule has 5 rings (SSSR count). The molecular weight excluding hydrogens is 525 g/mol. The smallest absolute Gasteiger partial charge is 0.362 e. The van der Waals surface area contributed by atoms with Crippen LogP contribution in [0, 0.1) is 12.7 Å². The molecule has 0 saturated carbocycles. The molecule has 1 aliphatic rings. The lowest BCUT2D eigenvalue weighted by molar-refractivity contribution is -0.121. The first-order valence-electron chi connectivity index (χ1n) is 13.0. The first-order chi connectivity index (χ1) is 19.6. The van der Waals surface area contributed by atoms with Crippen molar-refractivity contribution in [1.82, 2.24) is 4.98 Å². The lowest BCUT2D eigenvalue weighted by Crippen LogP contribution is -2.52. The Morgan fingerprint density at radius 1 is 1.02 bits per heavy atom. The minimum Gasteiger partial charge on any atom is -0.496 e. The zero-order valence-electron chi connectivity index (χ0n) is 23.4. The van der Waals surface area contributed by atoms with Crippen LogP contribution in [-0.4, -0.2) is 36.6 Å². The van der Waals surface area contributed by atoms with Gasteiger partial charge in [-0.3, -0.25) is 4.79 Å². The van der Waals surface area contributed by atoms with Crippen LogP contribution in [0.15, 0.2) is 72.9 Å². The Hall–Kier alpha value is -4.92. The standard InChI is InChI=1S/C32H30FN3O5/c1-19-9-10-20(33)16-27(19)40-18-24-22(13-14-25-29(24)36(4)31(38)32(2,3)35-25)23-12-11-21(17-28(23)39-5)41-30(37)26-8-6-7-15-34-26/h6-17,35H,18H2,1-5H3. The number of fused-ring (bicyclic) bond motifs is 1. The molecule has 0 radical (unpaired) electrons. The Labute approximate surface area is 237 Å². The average molecular weight is 556 g/mol. The van der Waals surface area contributed by atoms with Gasteiger partial charge in [-0.2, -0.15) is 0 Å². The number of nitrogens with one attached hydrogen (secondary N) is 1. The second-order valence-corrected chi connectivity index (χ2v) is 10.3. The maximum Gasteiger partial charge on any atom is 0.362 e. The number of hydrogen-bond acceptors (Lipinski definition) is 7. The third-order valence-electron chi connectivity index (χ3n) is 6.97. The number of halogens is 1. The van der Waals surface area contributed by atoms with Gasteiger partial charge >= 0.3 is 5.97 Å². The number of likely N-dealkylation sites (N-methyl/N-ethyl adjacent to an activating group) is 1. The average Bonchev–Trinajstić information content (AvgIpc) is 2.96. The van der Waals surface area contributed by atoms with Crippen LogP contribution in [0.5, 0.6) is 17.2 Å². The molecule has 1 aromatic heterocycles. The van der Waals surface area contributed by atoms with E-state index in [1.54, 1.807) is 54.4 Å². The van der Waals surface area contributed by atoms with E-state index in [-0.39, 0.29) is 24.0 Å². The van der Waals surface area contributed by atoms with Gasteiger partial charge in [-0.05, 0) is 68.3 Å². The van der Waals surface area contributed by atoms with Crippen LogP contribution in [0.4, 0.5) is 15.8 Å². The number of pyridine rings is 1. The Kier molecular flexibility index (Phi) is 7.36. The number of methoxy groups -OCH3 is 1. The lowest BCUT2D eigenvalue weighted by atomic mass is 9.91. The number of benzene rings is 3. The molecule has 0 spiro atoms. The topological polar surface area (TPSA) is 90.0 Å². The molecule has 8 nitrogen and oxygen atoms in total. The minimum absolute atomic E-state index is 0.0437. The molecule has 1 N–H and O–H groups in total. The van der Waals surface area contributed by atoms with Crippen molar-refractivity contribution in [2.45, 2.75) is 32.9 Å². The highest BCUT2D eigenvalue weighted by Crippen LogP contribution is 2.45. The van der Waals surface area contributed by atoms with Crippen LogP contribution in [-0.2, 0) is 11.4 Å². The first kappa shape index (κ1) is 27.6. The number of aromatic nitrogens is 1. The van der Waals surface area contributed by atoms with E-state index < -0.39 is 17.3 Å². The summed E-state index contributed by atoms with van der Waals surface area (Å²) in [7, 11) is 3.25. The third-order valence-corrected chi connectivity index (χ3v) is 6.97. The number of carbonyl (C=O) groups excluding carboxylic acids is 2. The Balaban J connectivity index is 1.58. The van der Waals surface area contributed by atoms with Gasteiger partial charge in [0.05, 0.1) is 18.5 Å². The van der Waals surface area contributed by atoms with Crippen molar-refractivity contribution in [3.63, 3.8) is 0 Å². The van der Waals surface area contributed by atoms with E-state index in [4.69, 9.17) is 14.2 Å². The molecule has 0 atom stereocenters. The summed E-state index contributed by atoms with van der Waals surface area (Å²) in [5.74, 6) is 0.00167. The molecule has 0 saturated heterocycles. The van der Waals surface area contributed by atoms with Gasteiger partial charge < -0.3 is 24.4 Å². The van der Waals surface area contributed by atoms with Gasteiger partial charge in [-0.15, -0.1) is 0 Å². The molecule has 2 heterocycles. The number of ether oxygens (including phenoxy) is 3. The quantitative estimate of drug-likeness (QED) is 0.215. The first-order valence-corrected chi connectivity index (χ1v) is 13.0. The van der Waals surface area contributed by atoms with Gasteiger partial charge in [-0.1, -0.05) is 18.2 Å². The van der Waals surface area contributed by atoms with E-state index in [1.807, 2.05) is 32.9 Å². The highest BCUT2D eigenvalue weighted by atomic mass is 19.1. The molecule has 1 amide bonds. The Morgan fingerprint density at radius 3 is 2.54 bits per heavy atom. The van der Waals surface area contributed by atoms with Crippen LogP contribution in [0.1, 0.15) is 35.5 Å². The molecule has 3 aromatic carbocycles. The zero-order chi connectivity index (χ0) is 29.3. The monoisotopic (exact) mass is 555 g/mol. The summed E-state index contributed by atoms with van der Waals surface area (Å²) < 4.78 is 31.4. The fourth-order valence-electron chi connectivity index (χ4n) is 4.91. The number of aryl methyl sites for hydroxylation is 1. The van der Waals surface area contributed by atoms with Crippen molar-refractivity contribution in [3.8, 4) is 28.4 Å². The van der Waals surface area contributed by atoms with Gasteiger partial charge in [0.1, 0.15) is 40.9 Å². The summed E-state index contributed by atoms with van der Waals surface area (Å²) in [6, 6.07) is 18.2. The molecule has 9 heteroatoms. The molecule has 210 valence electrons. The maximum absolute atomic E-state index is 14.0. The SMILES string of the molecule is COc1cc(OC(=O)c2ccccn2)ccc1-c1ccc2c(c1COc1cc(F)ccc1C)N(C)C(=O)C(C)(C)N2. The number of hydrogen-bond donors (Lipinski definition) is 1. The molecule has 0 unspecified atom stereocenters. The van der Waals surface area contributed by atoms with Gasteiger partial charge in [0.2, 0.25) is 0 Å². The summed E-state index contributed by atoms with van der Waals surface area (Å²) in [4.78, 5) is 31.5. The largest absolute Gasteiger partial charge is 0.496 e. The van der Waals surface area contributed by atoms with Gasteiger partial charge in [-0.25, -0.2) is 14.2 Å². The van der Waals surface area contributed by atoms with E-state index in [0.717, 1.165) is 16.8 Å². The molecule has 0 bridgehead atoms. The van der Waals surface area contributed by atoms with Crippen molar-refractivity contribution in [3.05, 3.63) is 95.6 Å². The Morgan fingerprint density at radius 2 is 1.80 bits per heavy atom. The zero-order valence-corrected chi connectivity index (χ0v) is 23.4. The molecule has 4 aromatic rings. The highest BCUT2D eigenvalue weighted by Gasteiger charge is 2.38. The normalized spacial score (nSPS) is 13.7. The van der Waals surface area contributed by atoms with E-state index >= 15 is 0 Å². The summed E-state index contributed by atoms with van der Waals surface area (Å²) in [6.45, 7) is 5.53. The fraction of sp³-hybridized carbons (Fsp3) is 0.219. The number of carbonyl (C=O) groups is 2. The van der Waals surface area contributed by atoms with Crippen molar-refractivity contribution in [2.24, 2.45) is 0 Å². The summed E-state index contributed by atoms with van der Waals surface area (Å²) >= 11 is 0. The summed E-state index contributed by atoms with van der Waals surface area (Å²) in [5, 5.41) is 3.33. The number of rotatable bonds is 7. The molecule has 41 heavy (non-hydrogen) atoms. The highest BCUT2D eigenvalue weighted by molar-refractivity contribution is 6.08. The second kappa shape index (κ2) is 10.9. The Bertz CT molecular complexity index is 1640. The molecule has 1 aliphatic heterocycles. The molecule has 0 aliphatic carbocycles. The summed E-state index contributed by atoms with van der Waals surface area (Å²) in [5.41, 5.74) is 3.67. The lowest BCUT2D eigenvalue weighted by Gasteiger charge is -2.39. The number of nitrogens with zero attached hydrogens (tertiary/aromatic N) is 2. The van der Waals surface area contributed by atoms with Crippen LogP contribution >= 0.6 is 0 Å². The minimum atomic E-state index is -0.808. The van der Waals surface area contributed by atoms with Crippen molar-refractivity contribution < 1.29 is 28.2 Å². The fourth-order valence-corrected chi connectivity index (χ4v) is 4.91. The van der Waals surface area contributed by atoms with Gasteiger partial charge in [0.25, 0.3) is 5.91 Å².